The molecule has 2 N–H and O–H groups in total. The Bertz CT molecular complexity index is 331. The molecule has 1 aromatic carbocycles. The minimum absolute atomic E-state index is 0.783. The zero-order valence-electron chi connectivity index (χ0n) is 10.9. The van der Waals surface area contributed by atoms with E-state index < -0.39 is 0 Å². The summed E-state index contributed by atoms with van der Waals surface area (Å²) in [5.41, 5.74) is 8.32. The maximum Gasteiger partial charge on any atom is 0.0366 e. The maximum absolute atomic E-state index is 5.53. The van der Waals surface area contributed by atoms with Gasteiger partial charge in [-0.3, -0.25) is 0 Å². The summed E-state index contributed by atoms with van der Waals surface area (Å²) in [6, 6.07) is 9.04. The molecule has 2 rings (SSSR count). The lowest BCUT2D eigenvalue weighted by Crippen LogP contribution is -2.34. The second kappa shape index (κ2) is 6.06. The summed E-state index contributed by atoms with van der Waals surface area (Å²) < 4.78 is 0. The Balaban J connectivity index is 1.96. The standard InChI is InChI=1S/C15H24N2/c1-13-4-3-11-17(12-13)15-8-6-14(7-9-15)5-2-10-16/h6-9,13H,2-5,10-12,16H2,1H3. The summed E-state index contributed by atoms with van der Waals surface area (Å²) in [5, 5.41) is 0. The smallest absolute Gasteiger partial charge is 0.0366 e. The van der Waals surface area contributed by atoms with E-state index in [0.717, 1.165) is 25.3 Å². The molecule has 1 aliphatic rings. The molecular weight excluding hydrogens is 208 g/mol. The zero-order chi connectivity index (χ0) is 12.1. The largest absolute Gasteiger partial charge is 0.371 e. The van der Waals surface area contributed by atoms with Gasteiger partial charge in [0.05, 0.1) is 0 Å². The molecule has 2 heteroatoms. The van der Waals surface area contributed by atoms with Crippen LogP contribution >= 0.6 is 0 Å². The molecule has 1 heterocycles. The summed E-state index contributed by atoms with van der Waals surface area (Å²) in [6.07, 6.45) is 4.90. The second-order valence-corrected chi connectivity index (χ2v) is 5.25. The highest BCUT2D eigenvalue weighted by Crippen LogP contribution is 2.23. The van der Waals surface area contributed by atoms with Gasteiger partial charge in [-0.05, 0) is 55.8 Å². The lowest BCUT2D eigenvalue weighted by molar-refractivity contribution is 0.447. The number of hydrogen-bond acceptors (Lipinski definition) is 2. The summed E-state index contributed by atoms with van der Waals surface area (Å²) >= 11 is 0. The molecule has 94 valence electrons. The van der Waals surface area contributed by atoms with E-state index in [0.29, 0.717) is 0 Å². The number of piperidine rings is 1. The molecule has 1 fully saturated rings. The zero-order valence-corrected chi connectivity index (χ0v) is 10.9. The van der Waals surface area contributed by atoms with Gasteiger partial charge in [-0.1, -0.05) is 19.1 Å². The predicted octanol–water partition coefficient (Wildman–Crippen LogP) is 2.81. The van der Waals surface area contributed by atoms with E-state index in [-0.39, 0.29) is 0 Å². The maximum atomic E-state index is 5.53. The minimum atomic E-state index is 0.783. The van der Waals surface area contributed by atoms with Crippen molar-refractivity contribution >= 4 is 5.69 Å². The summed E-state index contributed by atoms with van der Waals surface area (Å²) in [6.45, 7) is 5.56. The van der Waals surface area contributed by atoms with Crippen LogP contribution < -0.4 is 10.6 Å². The highest BCUT2D eigenvalue weighted by atomic mass is 15.1. The lowest BCUT2D eigenvalue weighted by atomic mass is 9.99. The number of rotatable bonds is 4. The van der Waals surface area contributed by atoms with Gasteiger partial charge in [0.1, 0.15) is 0 Å². The third kappa shape index (κ3) is 3.47. The average Bonchev–Trinajstić information content (AvgIpc) is 2.37. The summed E-state index contributed by atoms with van der Waals surface area (Å²) in [4.78, 5) is 2.51. The highest BCUT2D eigenvalue weighted by Gasteiger charge is 2.16. The van der Waals surface area contributed by atoms with Gasteiger partial charge >= 0.3 is 0 Å². The van der Waals surface area contributed by atoms with Crippen molar-refractivity contribution in [2.24, 2.45) is 11.7 Å². The molecule has 1 atom stereocenters. The fraction of sp³-hybridized carbons (Fsp3) is 0.600. The molecule has 0 radical (unpaired) electrons. The topological polar surface area (TPSA) is 29.3 Å². The van der Waals surface area contributed by atoms with Crippen LogP contribution in [0.3, 0.4) is 0 Å². The van der Waals surface area contributed by atoms with Crippen molar-refractivity contribution < 1.29 is 0 Å². The lowest BCUT2D eigenvalue weighted by Gasteiger charge is -2.32. The molecule has 0 aromatic heterocycles. The van der Waals surface area contributed by atoms with Crippen LogP contribution in [0.4, 0.5) is 5.69 Å². The van der Waals surface area contributed by atoms with Gasteiger partial charge in [-0.25, -0.2) is 0 Å². The number of anilines is 1. The van der Waals surface area contributed by atoms with Crippen molar-refractivity contribution in [2.75, 3.05) is 24.5 Å². The molecule has 2 nitrogen and oxygen atoms in total. The predicted molar refractivity (Wildman–Crippen MR) is 74.4 cm³/mol. The molecule has 0 bridgehead atoms. The van der Waals surface area contributed by atoms with Crippen LogP contribution in [0.1, 0.15) is 31.7 Å². The Hall–Kier alpha value is -1.02. The van der Waals surface area contributed by atoms with Gasteiger partial charge in [0.2, 0.25) is 0 Å². The average molecular weight is 232 g/mol. The quantitative estimate of drug-likeness (QED) is 0.865. The Morgan fingerprint density at radius 2 is 2.06 bits per heavy atom. The van der Waals surface area contributed by atoms with Crippen molar-refractivity contribution in [3.05, 3.63) is 29.8 Å². The number of hydrogen-bond donors (Lipinski definition) is 1. The van der Waals surface area contributed by atoms with Gasteiger partial charge in [0.15, 0.2) is 0 Å². The Morgan fingerprint density at radius 3 is 2.71 bits per heavy atom. The first-order chi connectivity index (χ1) is 8.29. The molecule has 17 heavy (non-hydrogen) atoms. The molecule has 1 aliphatic heterocycles. The van der Waals surface area contributed by atoms with Crippen molar-refractivity contribution in [1.29, 1.82) is 0 Å². The van der Waals surface area contributed by atoms with E-state index in [2.05, 4.69) is 36.1 Å². The van der Waals surface area contributed by atoms with Crippen LogP contribution in [0.15, 0.2) is 24.3 Å². The molecule has 1 unspecified atom stereocenters. The third-order valence-corrected chi connectivity index (χ3v) is 3.63. The Kier molecular flexibility index (Phi) is 4.43. The van der Waals surface area contributed by atoms with Crippen molar-refractivity contribution in [3.63, 3.8) is 0 Å². The SMILES string of the molecule is CC1CCCN(c2ccc(CCCN)cc2)C1. The number of aryl methyl sites for hydroxylation is 1. The molecule has 1 saturated heterocycles. The number of nitrogens with two attached hydrogens (primary N) is 1. The summed E-state index contributed by atoms with van der Waals surface area (Å²) in [7, 11) is 0. The molecule has 0 spiro atoms. The van der Waals surface area contributed by atoms with Crippen LogP contribution in [0.5, 0.6) is 0 Å². The van der Waals surface area contributed by atoms with Gasteiger partial charge in [-0.15, -0.1) is 0 Å². The van der Waals surface area contributed by atoms with Crippen molar-refractivity contribution in [2.45, 2.75) is 32.6 Å². The monoisotopic (exact) mass is 232 g/mol. The van der Waals surface area contributed by atoms with Crippen LogP contribution in [0, 0.1) is 5.92 Å². The first-order valence-corrected chi connectivity index (χ1v) is 6.83. The normalized spacial score (nSPS) is 20.6. The van der Waals surface area contributed by atoms with Gasteiger partial charge in [0.25, 0.3) is 0 Å². The van der Waals surface area contributed by atoms with Gasteiger partial charge in [0, 0.05) is 18.8 Å². The molecule has 0 aliphatic carbocycles. The fourth-order valence-corrected chi connectivity index (χ4v) is 2.60. The van der Waals surface area contributed by atoms with Gasteiger partial charge < -0.3 is 10.6 Å². The highest BCUT2D eigenvalue weighted by molar-refractivity contribution is 5.48. The van der Waals surface area contributed by atoms with Crippen LogP contribution in [-0.4, -0.2) is 19.6 Å². The van der Waals surface area contributed by atoms with Crippen LogP contribution in [-0.2, 0) is 6.42 Å². The second-order valence-electron chi connectivity index (χ2n) is 5.25. The van der Waals surface area contributed by atoms with Crippen LogP contribution in [0.2, 0.25) is 0 Å². The molecule has 1 aromatic rings. The van der Waals surface area contributed by atoms with Crippen molar-refractivity contribution in [3.8, 4) is 0 Å². The number of nitrogens with zero attached hydrogens (tertiary/aromatic N) is 1. The van der Waals surface area contributed by atoms with E-state index in [9.17, 15) is 0 Å². The molecule has 0 amide bonds. The summed E-state index contributed by atoms with van der Waals surface area (Å²) in [5.74, 6) is 0.834. The first kappa shape index (κ1) is 12.4. The van der Waals surface area contributed by atoms with E-state index in [1.165, 1.54) is 37.2 Å². The minimum Gasteiger partial charge on any atom is -0.371 e. The Labute approximate surface area is 105 Å². The molecular formula is C15H24N2. The first-order valence-electron chi connectivity index (χ1n) is 6.83. The molecule has 0 saturated carbocycles. The van der Waals surface area contributed by atoms with E-state index in [1.54, 1.807) is 0 Å². The van der Waals surface area contributed by atoms with Crippen LogP contribution in [0.25, 0.3) is 0 Å². The van der Waals surface area contributed by atoms with Crippen molar-refractivity contribution in [1.82, 2.24) is 0 Å². The fourth-order valence-electron chi connectivity index (χ4n) is 2.60. The number of benzene rings is 1. The third-order valence-electron chi connectivity index (χ3n) is 3.63. The van der Waals surface area contributed by atoms with E-state index >= 15 is 0 Å². The van der Waals surface area contributed by atoms with E-state index in [1.807, 2.05) is 0 Å². The Morgan fingerprint density at radius 1 is 1.29 bits per heavy atom. The van der Waals surface area contributed by atoms with Gasteiger partial charge in [-0.2, -0.15) is 0 Å². The van der Waals surface area contributed by atoms with E-state index in [4.69, 9.17) is 5.73 Å².